The Morgan fingerprint density at radius 2 is 2.12 bits per heavy atom. The highest BCUT2D eigenvalue weighted by Crippen LogP contribution is 2.18. The van der Waals surface area contributed by atoms with Crippen LogP contribution in [0, 0.1) is 5.41 Å². The molecular weight excluding hydrogens is 214 g/mol. The van der Waals surface area contributed by atoms with Gasteiger partial charge >= 0.3 is 0 Å². The Hall–Kier alpha value is -1.42. The lowest BCUT2D eigenvalue weighted by atomic mass is 9.87. The van der Waals surface area contributed by atoms with Crippen molar-refractivity contribution in [1.29, 1.82) is 0 Å². The van der Waals surface area contributed by atoms with Crippen LogP contribution in [-0.4, -0.2) is 16.9 Å². The third-order valence-corrected chi connectivity index (χ3v) is 2.76. The normalized spacial score (nSPS) is 15.1. The molecule has 2 atom stereocenters. The molecule has 17 heavy (non-hydrogen) atoms. The maximum absolute atomic E-state index is 11.9. The molecule has 94 valence electrons. The first-order valence-electron chi connectivity index (χ1n) is 5.78. The third kappa shape index (κ3) is 3.82. The van der Waals surface area contributed by atoms with Crippen LogP contribution in [0.2, 0.25) is 0 Å². The van der Waals surface area contributed by atoms with Crippen LogP contribution < -0.4 is 11.1 Å². The minimum absolute atomic E-state index is 0.0791. The molecule has 0 fully saturated rings. The Morgan fingerprint density at radius 3 is 2.59 bits per heavy atom. The second-order valence-electron chi connectivity index (χ2n) is 5.36. The zero-order valence-corrected chi connectivity index (χ0v) is 10.9. The van der Waals surface area contributed by atoms with Gasteiger partial charge in [0.2, 0.25) is 5.91 Å². The molecule has 1 aromatic heterocycles. The Bertz CT molecular complexity index is 370. The SMILES string of the molecule is C[C@H](NC(=O)[C@@H](N)C(C)(C)C)c1cccnc1. The van der Waals surface area contributed by atoms with E-state index in [-0.39, 0.29) is 17.4 Å². The molecule has 0 aliphatic heterocycles. The highest BCUT2D eigenvalue weighted by Gasteiger charge is 2.28. The fourth-order valence-electron chi connectivity index (χ4n) is 1.41. The number of amides is 1. The van der Waals surface area contributed by atoms with Gasteiger partial charge in [0.05, 0.1) is 12.1 Å². The number of rotatable bonds is 3. The second kappa shape index (κ2) is 5.27. The molecule has 0 aromatic carbocycles. The lowest BCUT2D eigenvalue weighted by Crippen LogP contribution is -2.49. The van der Waals surface area contributed by atoms with E-state index in [1.807, 2.05) is 39.8 Å². The van der Waals surface area contributed by atoms with Crippen molar-refractivity contribution < 1.29 is 4.79 Å². The van der Waals surface area contributed by atoms with Crippen LogP contribution in [0.3, 0.4) is 0 Å². The molecule has 4 nitrogen and oxygen atoms in total. The highest BCUT2D eigenvalue weighted by atomic mass is 16.2. The van der Waals surface area contributed by atoms with E-state index in [0.717, 1.165) is 5.56 Å². The Morgan fingerprint density at radius 1 is 1.47 bits per heavy atom. The smallest absolute Gasteiger partial charge is 0.237 e. The van der Waals surface area contributed by atoms with E-state index in [1.165, 1.54) is 0 Å². The first-order chi connectivity index (χ1) is 7.82. The first-order valence-corrected chi connectivity index (χ1v) is 5.78. The van der Waals surface area contributed by atoms with Crippen molar-refractivity contribution in [3.05, 3.63) is 30.1 Å². The molecule has 3 N–H and O–H groups in total. The lowest BCUT2D eigenvalue weighted by Gasteiger charge is -2.27. The summed E-state index contributed by atoms with van der Waals surface area (Å²) in [7, 11) is 0. The van der Waals surface area contributed by atoms with Gasteiger partial charge in [-0.25, -0.2) is 0 Å². The number of nitrogens with two attached hydrogens (primary N) is 1. The number of pyridine rings is 1. The summed E-state index contributed by atoms with van der Waals surface area (Å²) in [6.45, 7) is 7.77. The van der Waals surface area contributed by atoms with Gasteiger partial charge in [-0.3, -0.25) is 9.78 Å². The van der Waals surface area contributed by atoms with Crippen LogP contribution in [0.5, 0.6) is 0 Å². The molecule has 1 heterocycles. The molecule has 0 bridgehead atoms. The Labute approximate surface area is 103 Å². The molecule has 0 saturated heterocycles. The fraction of sp³-hybridized carbons (Fsp3) is 0.538. The average Bonchev–Trinajstić information content (AvgIpc) is 2.27. The second-order valence-corrected chi connectivity index (χ2v) is 5.36. The summed E-state index contributed by atoms with van der Waals surface area (Å²) in [4.78, 5) is 15.9. The monoisotopic (exact) mass is 235 g/mol. The number of hydrogen-bond donors (Lipinski definition) is 2. The van der Waals surface area contributed by atoms with Crippen molar-refractivity contribution in [1.82, 2.24) is 10.3 Å². The summed E-state index contributed by atoms with van der Waals surface area (Å²) in [5.74, 6) is -0.131. The minimum Gasteiger partial charge on any atom is -0.348 e. The molecule has 0 radical (unpaired) electrons. The topological polar surface area (TPSA) is 68.0 Å². The maximum Gasteiger partial charge on any atom is 0.237 e. The average molecular weight is 235 g/mol. The van der Waals surface area contributed by atoms with Crippen LogP contribution in [0.1, 0.15) is 39.3 Å². The minimum atomic E-state index is -0.512. The van der Waals surface area contributed by atoms with E-state index in [1.54, 1.807) is 12.4 Å². The molecule has 4 heteroatoms. The summed E-state index contributed by atoms with van der Waals surface area (Å²) in [5, 5.41) is 2.90. The summed E-state index contributed by atoms with van der Waals surface area (Å²) >= 11 is 0. The van der Waals surface area contributed by atoms with Crippen LogP contribution >= 0.6 is 0 Å². The van der Waals surface area contributed by atoms with Gasteiger partial charge in [-0.2, -0.15) is 0 Å². The van der Waals surface area contributed by atoms with Crippen molar-refractivity contribution in [2.24, 2.45) is 11.1 Å². The number of nitrogens with one attached hydrogen (secondary N) is 1. The van der Waals surface area contributed by atoms with Crippen molar-refractivity contribution in [2.45, 2.75) is 39.8 Å². The van der Waals surface area contributed by atoms with Gasteiger partial charge < -0.3 is 11.1 Å². The number of carbonyl (C=O) groups is 1. The van der Waals surface area contributed by atoms with Gasteiger partial charge in [0, 0.05) is 12.4 Å². The fourth-order valence-corrected chi connectivity index (χ4v) is 1.41. The van der Waals surface area contributed by atoms with E-state index < -0.39 is 6.04 Å². The third-order valence-electron chi connectivity index (χ3n) is 2.76. The number of hydrogen-bond acceptors (Lipinski definition) is 3. The highest BCUT2D eigenvalue weighted by molar-refractivity contribution is 5.82. The maximum atomic E-state index is 11.9. The zero-order valence-electron chi connectivity index (χ0n) is 10.9. The van der Waals surface area contributed by atoms with Gasteiger partial charge in [0.25, 0.3) is 0 Å². The summed E-state index contributed by atoms with van der Waals surface area (Å²) in [5.41, 5.74) is 6.63. The van der Waals surface area contributed by atoms with Crippen LogP contribution in [0.25, 0.3) is 0 Å². The molecule has 0 unspecified atom stereocenters. The standard InChI is InChI=1S/C13H21N3O/c1-9(10-6-5-7-15-8-10)16-12(17)11(14)13(2,3)4/h5-9,11H,14H2,1-4H3,(H,16,17)/t9-,11+/m0/s1. The largest absolute Gasteiger partial charge is 0.348 e. The number of aromatic nitrogens is 1. The van der Waals surface area contributed by atoms with Crippen molar-refractivity contribution >= 4 is 5.91 Å². The van der Waals surface area contributed by atoms with Crippen molar-refractivity contribution in [3.8, 4) is 0 Å². The van der Waals surface area contributed by atoms with Crippen LogP contribution in [0.4, 0.5) is 0 Å². The molecule has 0 aliphatic carbocycles. The summed E-state index contributed by atoms with van der Waals surface area (Å²) < 4.78 is 0. The van der Waals surface area contributed by atoms with Gasteiger partial charge in [-0.05, 0) is 24.0 Å². The molecule has 0 saturated carbocycles. The van der Waals surface area contributed by atoms with Crippen LogP contribution in [-0.2, 0) is 4.79 Å². The molecular formula is C13H21N3O. The summed E-state index contributed by atoms with van der Waals surface area (Å²) in [6.07, 6.45) is 3.45. The van der Waals surface area contributed by atoms with Gasteiger partial charge in [-0.1, -0.05) is 26.8 Å². The number of nitrogens with zero attached hydrogens (tertiary/aromatic N) is 1. The quantitative estimate of drug-likeness (QED) is 0.836. The number of carbonyl (C=O) groups excluding carboxylic acids is 1. The first kappa shape index (κ1) is 13.6. The van der Waals surface area contributed by atoms with E-state index in [2.05, 4.69) is 10.3 Å². The van der Waals surface area contributed by atoms with Crippen molar-refractivity contribution in [3.63, 3.8) is 0 Å². The van der Waals surface area contributed by atoms with Crippen LogP contribution in [0.15, 0.2) is 24.5 Å². The van der Waals surface area contributed by atoms with Crippen molar-refractivity contribution in [2.75, 3.05) is 0 Å². The predicted molar refractivity (Wildman–Crippen MR) is 68.2 cm³/mol. The Kier molecular flexibility index (Phi) is 4.23. The van der Waals surface area contributed by atoms with Gasteiger partial charge in [0.15, 0.2) is 0 Å². The summed E-state index contributed by atoms with van der Waals surface area (Å²) in [6, 6.07) is 3.19. The van der Waals surface area contributed by atoms with Gasteiger partial charge in [0.1, 0.15) is 0 Å². The molecule has 0 aliphatic rings. The van der Waals surface area contributed by atoms with E-state index in [9.17, 15) is 4.79 Å². The molecule has 1 aromatic rings. The van der Waals surface area contributed by atoms with E-state index in [0.29, 0.717) is 0 Å². The molecule has 0 spiro atoms. The molecule has 1 rings (SSSR count). The van der Waals surface area contributed by atoms with Gasteiger partial charge in [-0.15, -0.1) is 0 Å². The Balaban J connectivity index is 2.64. The predicted octanol–water partition coefficient (Wildman–Crippen LogP) is 1.63. The zero-order chi connectivity index (χ0) is 13.1. The van der Waals surface area contributed by atoms with E-state index in [4.69, 9.17) is 5.73 Å². The van der Waals surface area contributed by atoms with E-state index >= 15 is 0 Å². The lowest BCUT2D eigenvalue weighted by molar-refractivity contribution is -0.125. The molecule has 1 amide bonds.